The van der Waals surface area contributed by atoms with Crippen LogP contribution >= 0.6 is 11.6 Å². The number of likely N-dealkylation sites (N-methyl/N-ethyl adjacent to an activating group) is 1. The van der Waals surface area contributed by atoms with E-state index in [1.807, 2.05) is 116 Å². The van der Waals surface area contributed by atoms with Crippen molar-refractivity contribution >= 4 is 23.5 Å². The minimum absolute atomic E-state index is 0.0496. The molecule has 1 aliphatic rings. The molecular formula is C37H39ClN2O3. The summed E-state index contributed by atoms with van der Waals surface area (Å²) in [7, 11) is 1.82. The van der Waals surface area contributed by atoms with Crippen molar-refractivity contribution in [2.75, 3.05) is 7.05 Å². The van der Waals surface area contributed by atoms with Crippen molar-refractivity contribution in [1.82, 2.24) is 4.90 Å². The predicted octanol–water partition coefficient (Wildman–Crippen LogP) is 7.15. The maximum Gasteiger partial charge on any atom is 0.308 e. The van der Waals surface area contributed by atoms with E-state index in [0.717, 1.165) is 42.4 Å². The second kappa shape index (κ2) is 14.0. The fourth-order valence-corrected chi connectivity index (χ4v) is 6.64. The van der Waals surface area contributed by atoms with Crippen molar-refractivity contribution in [3.05, 3.63) is 143 Å². The van der Waals surface area contributed by atoms with Gasteiger partial charge in [-0.25, -0.2) is 0 Å². The Hall–Kier alpha value is -3.93. The van der Waals surface area contributed by atoms with Gasteiger partial charge in [0.2, 0.25) is 5.91 Å². The van der Waals surface area contributed by atoms with E-state index < -0.39 is 17.5 Å². The molecule has 5 rings (SSSR count). The monoisotopic (exact) mass is 594 g/mol. The molecule has 0 radical (unpaired) electrons. The summed E-state index contributed by atoms with van der Waals surface area (Å²) in [5.41, 5.74) is 8.30. The quantitative estimate of drug-likeness (QED) is 0.156. The van der Waals surface area contributed by atoms with Crippen molar-refractivity contribution < 1.29 is 14.3 Å². The summed E-state index contributed by atoms with van der Waals surface area (Å²) in [5, 5.41) is 0.478. The second-order valence-corrected chi connectivity index (χ2v) is 11.8. The highest BCUT2D eigenvalue weighted by Gasteiger charge is 2.43. The summed E-state index contributed by atoms with van der Waals surface area (Å²) in [6.45, 7) is 0. The maximum absolute atomic E-state index is 14.2. The summed E-state index contributed by atoms with van der Waals surface area (Å²) in [4.78, 5) is 30.1. The van der Waals surface area contributed by atoms with Crippen LogP contribution in [0.15, 0.2) is 115 Å². The molecule has 4 aromatic carbocycles. The molecule has 3 atom stereocenters. The number of amides is 1. The van der Waals surface area contributed by atoms with E-state index in [0.29, 0.717) is 17.0 Å². The van der Waals surface area contributed by atoms with Crippen LogP contribution in [0, 0.1) is 5.92 Å². The lowest BCUT2D eigenvalue weighted by atomic mass is 9.80. The first-order chi connectivity index (χ1) is 20.9. The molecule has 6 heteroatoms. The lowest BCUT2D eigenvalue weighted by Crippen LogP contribution is -2.52. The van der Waals surface area contributed by atoms with Crippen LogP contribution in [0.1, 0.15) is 54.4 Å². The van der Waals surface area contributed by atoms with E-state index in [1.54, 1.807) is 11.0 Å². The minimum atomic E-state index is -1.32. The normalized spacial score (nSPS) is 17.6. The van der Waals surface area contributed by atoms with E-state index in [-0.39, 0.29) is 24.4 Å². The Balaban J connectivity index is 1.53. The van der Waals surface area contributed by atoms with Crippen LogP contribution in [0.4, 0.5) is 0 Å². The summed E-state index contributed by atoms with van der Waals surface area (Å²) in [6.07, 6.45) is 4.19. The summed E-state index contributed by atoms with van der Waals surface area (Å²) >= 11 is 6.83. The molecule has 222 valence electrons. The van der Waals surface area contributed by atoms with Gasteiger partial charge in [-0.05, 0) is 30.9 Å². The van der Waals surface area contributed by atoms with E-state index in [4.69, 9.17) is 22.1 Å². The van der Waals surface area contributed by atoms with Crippen LogP contribution in [0.25, 0.3) is 0 Å². The fourth-order valence-electron chi connectivity index (χ4n) is 6.37. The molecule has 5 nitrogen and oxygen atoms in total. The highest BCUT2D eigenvalue weighted by molar-refractivity contribution is 6.31. The van der Waals surface area contributed by atoms with Gasteiger partial charge in [0.25, 0.3) is 0 Å². The van der Waals surface area contributed by atoms with Crippen LogP contribution in [0.3, 0.4) is 0 Å². The third-order valence-corrected chi connectivity index (χ3v) is 8.92. The molecule has 0 saturated heterocycles. The number of benzene rings is 4. The Morgan fingerprint density at radius 3 is 1.95 bits per heavy atom. The van der Waals surface area contributed by atoms with Gasteiger partial charge in [0.05, 0.1) is 12.3 Å². The first-order valence-corrected chi connectivity index (χ1v) is 15.4. The van der Waals surface area contributed by atoms with Crippen molar-refractivity contribution in [3.8, 4) is 0 Å². The number of carbonyl (C=O) groups is 2. The van der Waals surface area contributed by atoms with Crippen molar-refractivity contribution in [2.45, 2.75) is 56.2 Å². The van der Waals surface area contributed by atoms with E-state index in [9.17, 15) is 9.59 Å². The molecule has 1 amide bonds. The largest absolute Gasteiger partial charge is 0.444 e. The standard InChI is InChI=1S/C37H39ClN2O3/c1-40(34-24-14-13-23-33(34)39)36(42)28(25-27-15-5-2-6-16-27)26-35(41)43-37(29-17-7-3-8-18-29,30-19-9-4-10-20-30)31-21-11-12-22-32(31)38/h2-12,15-22,28,33-34H,13-14,23-26,39H2,1H3/t28-,33+,34+/m1/s1. The minimum Gasteiger partial charge on any atom is -0.444 e. The molecule has 4 aromatic rings. The number of hydrogen-bond acceptors (Lipinski definition) is 4. The maximum atomic E-state index is 14.2. The van der Waals surface area contributed by atoms with Crippen LogP contribution in [0.5, 0.6) is 0 Å². The zero-order chi connectivity index (χ0) is 30.2. The fraction of sp³-hybridized carbons (Fsp3) is 0.297. The molecular weight excluding hydrogens is 556 g/mol. The van der Waals surface area contributed by atoms with E-state index in [2.05, 4.69) is 0 Å². The van der Waals surface area contributed by atoms with Crippen LogP contribution < -0.4 is 5.73 Å². The molecule has 0 unspecified atom stereocenters. The number of rotatable bonds is 10. The number of nitrogens with two attached hydrogens (primary N) is 1. The molecule has 1 fully saturated rings. The third-order valence-electron chi connectivity index (χ3n) is 8.59. The Kier molecular flexibility index (Phi) is 9.96. The zero-order valence-corrected chi connectivity index (χ0v) is 25.3. The molecule has 0 bridgehead atoms. The smallest absolute Gasteiger partial charge is 0.308 e. The van der Waals surface area contributed by atoms with E-state index >= 15 is 0 Å². The number of halogens is 1. The van der Waals surface area contributed by atoms with Gasteiger partial charge in [-0.1, -0.05) is 134 Å². The average molecular weight is 595 g/mol. The predicted molar refractivity (Wildman–Crippen MR) is 172 cm³/mol. The molecule has 1 saturated carbocycles. The molecule has 43 heavy (non-hydrogen) atoms. The summed E-state index contributed by atoms with van der Waals surface area (Å²) < 4.78 is 6.62. The topological polar surface area (TPSA) is 72.6 Å². The Bertz CT molecular complexity index is 1460. The number of carbonyl (C=O) groups excluding carboxylic acids is 2. The van der Waals surface area contributed by atoms with Crippen LogP contribution in [0.2, 0.25) is 5.02 Å². The third kappa shape index (κ3) is 6.84. The molecule has 0 aromatic heterocycles. The molecule has 0 heterocycles. The van der Waals surface area contributed by atoms with Crippen molar-refractivity contribution in [2.24, 2.45) is 11.7 Å². The molecule has 0 spiro atoms. The highest BCUT2D eigenvalue weighted by atomic mass is 35.5. The Labute approximate surface area is 259 Å². The van der Waals surface area contributed by atoms with Gasteiger partial charge < -0.3 is 15.4 Å². The molecule has 2 N–H and O–H groups in total. The van der Waals surface area contributed by atoms with Crippen molar-refractivity contribution in [1.29, 1.82) is 0 Å². The highest BCUT2D eigenvalue weighted by Crippen LogP contribution is 2.44. The summed E-state index contributed by atoms with van der Waals surface area (Å²) in [5.74, 6) is -1.20. The molecule has 0 aliphatic heterocycles. The lowest BCUT2D eigenvalue weighted by Gasteiger charge is -2.38. The van der Waals surface area contributed by atoms with Gasteiger partial charge in [0.15, 0.2) is 5.60 Å². The number of esters is 1. The molecule has 1 aliphatic carbocycles. The number of ether oxygens (including phenoxy) is 1. The SMILES string of the molecule is CN(C(=O)[C@@H](CC(=O)OC(c1ccccc1)(c1ccccc1)c1ccccc1Cl)Cc1ccccc1)[C@H]1CCCC[C@@H]1N. The van der Waals surface area contributed by atoms with Gasteiger partial charge in [-0.3, -0.25) is 9.59 Å². The zero-order valence-electron chi connectivity index (χ0n) is 24.6. The van der Waals surface area contributed by atoms with Gasteiger partial charge in [0.1, 0.15) is 0 Å². The van der Waals surface area contributed by atoms with Crippen LogP contribution in [-0.4, -0.2) is 35.9 Å². The number of nitrogens with zero attached hydrogens (tertiary/aromatic N) is 1. The van der Waals surface area contributed by atoms with Gasteiger partial charge in [-0.15, -0.1) is 0 Å². The Morgan fingerprint density at radius 2 is 1.37 bits per heavy atom. The number of hydrogen-bond donors (Lipinski definition) is 1. The van der Waals surface area contributed by atoms with E-state index in [1.165, 1.54) is 0 Å². The average Bonchev–Trinajstić information content (AvgIpc) is 3.04. The first kappa shape index (κ1) is 30.5. The van der Waals surface area contributed by atoms with Gasteiger partial charge in [-0.2, -0.15) is 0 Å². The van der Waals surface area contributed by atoms with Gasteiger partial charge in [0, 0.05) is 40.8 Å². The van der Waals surface area contributed by atoms with Gasteiger partial charge >= 0.3 is 5.97 Å². The second-order valence-electron chi connectivity index (χ2n) is 11.4. The van der Waals surface area contributed by atoms with Crippen molar-refractivity contribution in [3.63, 3.8) is 0 Å². The Morgan fingerprint density at radius 1 is 0.837 bits per heavy atom. The lowest BCUT2D eigenvalue weighted by molar-refractivity contribution is -0.157. The van der Waals surface area contributed by atoms with Crippen LogP contribution in [-0.2, 0) is 26.3 Å². The first-order valence-electron chi connectivity index (χ1n) is 15.0. The summed E-state index contributed by atoms with van der Waals surface area (Å²) in [6, 6.07) is 36.4.